The summed E-state index contributed by atoms with van der Waals surface area (Å²) in [5, 5.41) is 8.42. The molecule has 2 heterocycles. The zero-order valence-corrected chi connectivity index (χ0v) is 21.1. The minimum absolute atomic E-state index is 0.0577. The van der Waals surface area contributed by atoms with E-state index >= 15 is 0 Å². The van der Waals surface area contributed by atoms with E-state index < -0.39 is 11.9 Å². The Balaban J connectivity index is 1.53. The molecular weight excluding hydrogens is 467 g/mol. The second kappa shape index (κ2) is 11.4. The molecule has 2 N–H and O–H groups in total. The lowest BCUT2D eigenvalue weighted by Gasteiger charge is -2.35. The molecule has 2 aromatic rings. The Kier molecular flexibility index (Phi) is 8.28. The van der Waals surface area contributed by atoms with Crippen molar-refractivity contribution >= 4 is 28.9 Å². The van der Waals surface area contributed by atoms with Crippen molar-refractivity contribution in [2.24, 2.45) is 5.92 Å². The van der Waals surface area contributed by atoms with Crippen LogP contribution in [0.4, 0.5) is 4.39 Å². The molecule has 4 rings (SSSR count). The van der Waals surface area contributed by atoms with Crippen LogP contribution in [0.5, 0.6) is 0 Å². The molecule has 3 atom stereocenters. The molecule has 188 valence electrons. The zero-order chi connectivity index (χ0) is 24.9. The van der Waals surface area contributed by atoms with Gasteiger partial charge in [0.1, 0.15) is 22.6 Å². The van der Waals surface area contributed by atoms with E-state index in [9.17, 15) is 18.8 Å². The summed E-state index contributed by atoms with van der Waals surface area (Å²) < 4.78 is 13.2. The Hall–Kier alpha value is -2.65. The van der Waals surface area contributed by atoms with Crippen LogP contribution in [0.3, 0.4) is 0 Å². The minimum atomic E-state index is -0.556. The molecule has 1 saturated carbocycles. The van der Waals surface area contributed by atoms with Crippen LogP contribution >= 0.6 is 11.3 Å². The van der Waals surface area contributed by atoms with Crippen molar-refractivity contribution in [3.05, 3.63) is 51.7 Å². The van der Waals surface area contributed by atoms with Crippen LogP contribution in [0, 0.1) is 11.7 Å². The summed E-state index contributed by atoms with van der Waals surface area (Å²) in [5.41, 5.74) is 0.678. The zero-order valence-electron chi connectivity index (χ0n) is 20.3. The van der Waals surface area contributed by atoms with Crippen LogP contribution in [0.15, 0.2) is 29.6 Å². The highest BCUT2D eigenvalue weighted by molar-refractivity contribution is 7.10. The van der Waals surface area contributed by atoms with E-state index in [1.165, 1.54) is 35.6 Å². The Morgan fingerprint density at radius 2 is 1.80 bits per heavy atom. The molecule has 2 fully saturated rings. The molecule has 1 aromatic carbocycles. The second-order valence-electron chi connectivity index (χ2n) is 9.49. The van der Waals surface area contributed by atoms with Crippen molar-refractivity contribution in [3.8, 4) is 0 Å². The predicted octanol–water partition coefficient (Wildman–Crippen LogP) is 3.85. The normalized spacial score (nSPS) is 20.4. The van der Waals surface area contributed by atoms with E-state index in [1.54, 1.807) is 19.4 Å². The number of amides is 2. The number of ketones is 1. The molecule has 0 radical (unpaired) electrons. The van der Waals surface area contributed by atoms with Crippen LogP contribution in [0.25, 0.3) is 0 Å². The van der Waals surface area contributed by atoms with Gasteiger partial charge in [-0.05, 0) is 69.8 Å². The molecule has 35 heavy (non-hydrogen) atoms. The van der Waals surface area contributed by atoms with E-state index in [1.807, 2.05) is 4.90 Å². The largest absolute Gasteiger partial charge is 0.343 e. The standard InChI is InChI=1S/C26H33FN4O3S/c1-16(28-2)24(33)30-22(17-7-4-3-5-8-17)26(34)31-14-6-9-21(31)25-29-20(15-35-25)23(32)18-10-12-19(27)13-11-18/h10-13,15-17,21-22,28H,3-9,14H2,1-2H3,(H,30,33)/t16-,21-,22-/m1/s1. The number of nitrogens with one attached hydrogen (secondary N) is 2. The van der Waals surface area contributed by atoms with Crippen molar-refractivity contribution in [1.29, 1.82) is 0 Å². The number of thiazole rings is 1. The lowest BCUT2D eigenvalue weighted by molar-refractivity contribution is -0.139. The number of benzene rings is 1. The van der Waals surface area contributed by atoms with Crippen molar-refractivity contribution in [2.75, 3.05) is 13.6 Å². The first kappa shape index (κ1) is 25.4. The average Bonchev–Trinajstić information content (AvgIpc) is 3.56. The van der Waals surface area contributed by atoms with E-state index in [0.717, 1.165) is 50.0 Å². The van der Waals surface area contributed by atoms with Gasteiger partial charge in [-0.2, -0.15) is 0 Å². The SMILES string of the molecule is CN[C@H](C)C(=O)N[C@@H](C(=O)N1CCC[C@@H]1c1nc(C(=O)c2ccc(F)cc2)cs1)C1CCCCC1. The maximum Gasteiger partial charge on any atom is 0.246 e. The van der Waals surface area contributed by atoms with Gasteiger partial charge in [0.15, 0.2) is 0 Å². The second-order valence-corrected chi connectivity index (χ2v) is 10.4. The molecule has 0 unspecified atom stereocenters. The van der Waals surface area contributed by atoms with Gasteiger partial charge in [-0.25, -0.2) is 9.37 Å². The first-order valence-corrected chi connectivity index (χ1v) is 13.3. The highest BCUT2D eigenvalue weighted by Crippen LogP contribution is 2.36. The average molecular weight is 501 g/mol. The van der Waals surface area contributed by atoms with E-state index in [4.69, 9.17) is 0 Å². The topological polar surface area (TPSA) is 91.4 Å². The smallest absolute Gasteiger partial charge is 0.246 e. The fourth-order valence-electron chi connectivity index (χ4n) is 5.02. The van der Waals surface area contributed by atoms with Crippen molar-refractivity contribution in [3.63, 3.8) is 0 Å². The minimum Gasteiger partial charge on any atom is -0.343 e. The van der Waals surface area contributed by atoms with Crippen molar-refractivity contribution in [2.45, 2.75) is 70.0 Å². The van der Waals surface area contributed by atoms with Crippen LogP contribution in [-0.2, 0) is 9.59 Å². The first-order chi connectivity index (χ1) is 16.9. The summed E-state index contributed by atoms with van der Waals surface area (Å²) >= 11 is 1.37. The summed E-state index contributed by atoms with van der Waals surface area (Å²) in [7, 11) is 1.73. The summed E-state index contributed by atoms with van der Waals surface area (Å²) in [5.74, 6) is -0.773. The Labute approximate surface area is 209 Å². The van der Waals surface area contributed by atoms with Crippen molar-refractivity contribution < 1.29 is 18.8 Å². The Morgan fingerprint density at radius 3 is 2.49 bits per heavy atom. The van der Waals surface area contributed by atoms with Gasteiger partial charge in [0.05, 0.1) is 12.1 Å². The number of carbonyl (C=O) groups is 3. The highest BCUT2D eigenvalue weighted by Gasteiger charge is 2.40. The van der Waals surface area contributed by atoms with Gasteiger partial charge in [-0.3, -0.25) is 14.4 Å². The maximum absolute atomic E-state index is 13.8. The Morgan fingerprint density at radius 1 is 1.09 bits per heavy atom. The van der Waals surface area contributed by atoms with E-state index in [-0.39, 0.29) is 35.6 Å². The third-order valence-corrected chi connectivity index (χ3v) is 8.14. The fourth-order valence-corrected chi connectivity index (χ4v) is 5.96. The molecule has 0 bridgehead atoms. The maximum atomic E-state index is 13.8. The third kappa shape index (κ3) is 5.78. The first-order valence-electron chi connectivity index (χ1n) is 12.4. The van der Waals surface area contributed by atoms with E-state index in [2.05, 4.69) is 15.6 Å². The molecule has 7 nitrogen and oxygen atoms in total. The summed E-state index contributed by atoms with van der Waals surface area (Å²) in [4.78, 5) is 45.8. The number of rotatable bonds is 8. The van der Waals surface area contributed by atoms with E-state index in [0.29, 0.717) is 17.8 Å². The quantitative estimate of drug-likeness (QED) is 0.538. The molecule has 2 aliphatic rings. The molecule has 2 amide bonds. The van der Waals surface area contributed by atoms with Crippen LogP contribution in [-0.4, -0.2) is 53.2 Å². The predicted molar refractivity (Wildman–Crippen MR) is 133 cm³/mol. The number of likely N-dealkylation sites (N-methyl/N-ethyl adjacent to an activating group) is 1. The van der Waals surface area contributed by atoms with Crippen LogP contribution < -0.4 is 10.6 Å². The van der Waals surface area contributed by atoms with Gasteiger partial charge in [-0.1, -0.05) is 19.3 Å². The van der Waals surface area contributed by atoms with Gasteiger partial charge < -0.3 is 15.5 Å². The number of aromatic nitrogens is 1. The van der Waals surface area contributed by atoms with Crippen molar-refractivity contribution in [1.82, 2.24) is 20.5 Å². The molecular formula is C26H33FN4O3S. The summed E-state index contributed by atoms with van der Waals surface area (Å²) in [6, 6.07) is 4.25. The molecule has 1 aliphatic carbocycles. The monoisotopic (exact) mass is 500 g/mol. The number of carbonyl (C=O) groups excluding carboxylic acids is 3. The lowest BCUT2D eigenvalue weighted by Crippen LogP contribution is -2.55. The van der Waals surface area contributed by atoms with Gasteiger partial charge in [0.25, 0.3) is 0 Å². The number of hydrogen-bond donors (Lipinski definition) is 2. The number of nitrogens with zero attached hydrogens (tertiary/aromatic N) is 2. The molecule has 1 aliphatic heterocycles. The van der Waals surface area contributed by atoms with Gasteiger partial charge >= 0.3 is 0 Å². The van der Waals surface area contributed by atoms with Crippen LogP contribution in [0.2, 0.25) is 0 Å². The third-order valence-electron chi connectivity index (χ3n) is 7.19. The molecule has 0 spiro atoms. The molecule has 1 aromatic heterocycles. The van der Waals surface area contributed by atoms with Gasteiger partial charge in [-0.15, -0.1) is 11.3 Å². The summed E-state index contributed by atoms with van der Waals surface area (Å²) in [6.45, 7) is 2.39. The highest BCUT2D eigenvalue weighted by atomic mass is 32.1. The number of likely N-dealkylation sites (tertiary alicyclic amines) is 1. The van der Waals surface area contributed by atoms with Gasteiger partial charge in [0, 0.05) is 17.5 Å². The van der Waals surface area contributed by atoms with Crippen LogP contribution in [0.1, 0.15) is 79.0 Å². The Bertz CT molecular complexity index is 1050. The lowest BCUT2D eigenvalue weighted by atomic mass is 9.83. The van der Waals surface area contributed by atoms with Gasteiger partial charge in [0.2, 0.25) is 17.6 Å². The molecule has 9 heteroatoms. The summed E-state index contributed by atoms with van der Waals surface area (Å²) in [6.07, 6.45) is 6.76. The fraction of sp³-hybridized carbons (Fsp3) is 0.538. The molecule has 1 saturated heterocycles. The number of hydrogen-bond acceptors (Lipinski definition) is 6. The number of halogens is 1.